The Morgan fingerprint density at radius 3 is 2.33 bits per heavy atom. The number of carbonyl (C=O) groups is 2. The van der Waals surface area contributed by atoms with Gasteiger partial charge in [0.2, 0.25) is 11.8 Å². The van der Waals surface area contributed by atoms with Crippen LogP contribution in [0.4, 0.5) is 11.4 Å². The molecule has 0 saturated carbocycles. The van der Waals surface area contributed by atoms with Crippen molar-refractivity contribution in [1.82, 2.24) is 4.90 Å². The van der Waals surface area contributed by atoms with Crippen molar-refractivity contribution in [2.75, 3.05) is 36.4 Å². The minimum Gasteiger partial charge on any atom is -0.368 e. The van der Waals surface area contributed by atoms with Gasteiger partial charge in [0.25, 0.3) is 0 Å². The summed E-state index contributed by atoms with van der Waals surface area (Å²) in [4.78, 5) is 29.0. The molecule has 2 aromatic rings. The number of amides is 2. The molecule has 1 aliphatic heterocycles. The number of hydrogen-bond donors (Lipinski definition) is 1. The van der Waals surface area contributed by atoms with E-state index in [-0.39, 0.29) is 18.2 Å². The Labute approximate surface area is 161 Å². The molecule has 5 heteroatoms. The summed E-state index contributed by atoms with van der Waals surface area (Å²) in [6.45, 7) is 6.89. The van der Waals surface area contributed by atoms with Crippen LogP contribution in [0.15, 0.2) is 48.5 Å². The van der Waals surface area contributed by atoms with Crippen molar-refractivity contribution in [3.63, 3.8) is 0 Å². The highest BCUT2D eigenvalue weighted by atomic mass is 16.2. The first-order valence-electron chi connectivity index (χ1n) is 9.54. The maximum Gasteiger partial charge on any atom is 0.233 e. The number of anilines is 2. The fourth-order valence-electron chi connectivity index (χ4n) is 3.49. The molecule has 0 atom stereocenters. The van der Waals surface area contributed by atoms with Crippen molar-refractivity contribution < 1.29 is 9.59 Å². The molecule has 142 valence electrons. The zero-order valence-electron chi connectivity index (χ0n) is 16.1. The lowest BCUT2D eigenvalue weighted by atomic mass is 10.1. The summed E-state index contributed by atoms with van der Waals surface area (Å²) in [6.07, 6.45) is 0.732. The molecular formula is C22H27N3O2. The van der Waals surface area contributed by atoms with Gasteiger partial charge in [-0.05, 0) is 36.6 Å². The summed E-state index contributed by atoms with van der Waals surface area (Å²) in [5.41, 5.74) is 4.12. The molecule has 1 aliphatic rings. The van der Waals surface area contributed by atoms with E-state index in [9.17, 15) is 9.59 Å². The number of nitrogens with zero attached hydrogens (tertiary/aromatic N) is 2. The van der Waals surface area contributed by atoms with E-state index in [0.29, 0.717) is 13.1 Å². The summed E-state index contributed by atoms with van der Waals surface area (Å²) >= 11 is 0. The minimum atomic E-state index is -0.241. The summed E-state index contributed by atoms with van der Waals surface area (Å²) in [5, 5.41) is 2.94. The molecule has 2 amide bonds. The van der Waals surface area contributed by atoms with Crippen LogP contribution in [-0.4, -0.2) is 42.9 Å². The van der Waals surface area contributed by atoms with Gasteiger partial charge < -0.3 is 15.1 Å². The Kier molecular flexibility index (Phi) is 6.12. The van der Waals surface area contributed by atoms with Gasteiger partial charge in [-0.15, -0.1) is 0 Å². The van der Waals surface area contributed by atoms with E-state index < -0.39 is 0 Å². The molecule has 27 heavy (non-hydrogen) atoms. The van der Waals surface area contributed by atoms with Gasteiger partial charge in [-0.25, -0.2) is 0 Å². The van der Waals surface area contributed by atoms with E-state index in [0.717, 1.165) is 36.3 Å². The second-order valence-electron chi connectivity index (χ2n) is 6.89. The number of nitrogens with one attached hydrogen (secondary N) is 1. The standard InChI is InChI=1S/C22H27N3O2/c1-3-18-9-7-8-17(2)22(18)23-20(26)16-21(27)25-14-12-24(13-15-25)19-10-5-4-6-11-19/h4-11H,3,12-16H2,1-2H3,(H,23,26). The summed E-state index contributed by atoms with van der Waals surface area (Å²) in [5.74, 6) is -0.346. The van der Waals surface area contributed by atoms with Crippen LogP contribution >= 0.6 is 0 Å². The number of benzene rings is 2. The van der Waals surface area contributed by atoms with Gasteiger partial charge in [-0.3, -0.25) is 9.59 Å². The lowest BCUT2D eigenvalue weighted by Gasteiger charge is -2.36. The third-order valence-corrected chi connectivity index (χ3v) is 5.07. The van der Waals surface area contributed by atoms with Crippen molar-refractivity contribution in [2.24, 2.45) is 0 Å². The van der Waals surface area contributed by atoms with Crippen LogP contribution in [0, 0.1) is 6.92 Å². The van der Waals surface area contributed by atoms with Crippen LogP contribution in [0.3, 0.4) is 0 Å². The smallest absolute Gasteiger partial charge is 0.233 e. The molecule has 3 rings (SSSR count). The zero-order valence-corrected chi connectivity index (χ0v) is 16.1. The van der Waals surface area contributed by atoms with Gasteiger partial charge in [-0.2, -0.15) is 0 Å². The second kappa shape index (κ2) is 8.71. The predicted molar refractivity (Wildman–Crippen MR) is 109 cm³/mol. The van der Waals surface area contributed by atoms with E-state index >= 15 is 0 Å². The molecule has 0 bridgehead atoms. The van der Waals surface area contributed by atoms with Crippen molar-refractivity contribution in [2.45, 2.75) is 26.7 Å². The van der Waals surface area contributed by atoms with Crippen LogP contribution in [-0.2, 0) is 16.0 Å². The van der Waals surface area contributed by atoms with E-state index in [1.807, 2.05) is 43.3 Å². The average Bonchev–Trinajstić information content (AvgIpc) is 2.70. The third-order valence-electron chi connectivity index (χ3n) is 5.07. The Bertz CT molecular complexity index is 796. The van der Waals surface area contributed by atoms with E-state index in [2.05, 4.69) is 29.3 Å². The molecule has 5 nitrogen and oxygen atoms in total. The summed E-state index contributed by atoms with van der Waals surface area (Å²) < 4.78 is 0. The summed E-state index contributed by atoms with van der Waals surface area (Å²) in [6, 6.07) is 16.2. The van der Waals surface area contributed by atoms with Gasteiger partial charge in [0.15, 0.2) is 0 Å². The van der Waals surface area contributed by atoms with E-state index in [4.69, 9.17) is 0 Å². The van der Waals surface area contributed by atoms with Gasteiger partial charge in [0.05, 0.1) is 0 Å². The van der Waals surface area contributed by atoms with Crippen LogP contribution < -0.4 is 10.2 Å². The molecule has 0 spiro atoms. The largest absolute Gasteiger partial charge is 0.368 e. The quantitative estimate of drug-likeness (QED) is 0.828. The number of hydrogen-bond acceptors (Lipinski definition) is 3. The van der Waals surface area contributed by atoms with Crippen molar-refractivity contribution in [1.29, 1.82) is 0 Å². The second-order valence-corrected chi connectivity index (χ2v) is 6.89. The number of para-hydroxylation sites is 2. The number of piperazine rings is 1. The van der Waals surface area contributed by atoms with Crippen LogP contribution in [0.2, 0.25) is 0 Å². The summed E-state index contributed by atoms with van der Waals surface area (Å²) in [7, 11) is 0. The number of rotatable bonds is 5. The van der Waals surface area contributed by atoms with Crippen LogP contribution in [0.1, 0.15) is 24.5 Å². The first-order chi connectivity index (χ1) is 13.1. The average molecular weight is 365 g/mol. The van der Waals surface area contributed by atoms with Crippen molar-refractivity contribution in [3.8, 4) is 0 Å². The van der Waals surface area contributed by atoms with E-state index in [1.165, 1.54) is 5.69 Å². The highest BCUT2D eigenvalue weighted by Gasteiger charge is 2.23. The Balaban J connectivity index is 1.53. The van der Waals surface area contributed by atoms with Crippen LogP contribution in [0.25, 0.3) is 0 Å². The first-order valence-corrected chi connectivity index (χ1v) is 9.54. The SMILES string of the molecule is CCc1cccc(C)c1NC(=O)CC(=O)N1CCN(c2ccccc2)CC1. The fraction of sp³-hybridized carbons (Fsp3) is 0.364. The molecule has 2 aromatic carbocycles. The highest BCUT2D eigenvalue weighted by molar-refractivity contribution is 6.04. The lowest BCUT2D eigenvalue weighted by Crippen LogP contribution is -2.49. The topological polar surface area (TPSA) is 52.7 Å². The molecule has 0 radical (unpaired) electrons. The maximum atomic E-state index is 12.5. The van der Waals surface area contributed by atoms with Crippen molar-refractivity contribution in [3.05, 3.63) is 59.7 Å². The Hall–Kier alpha value is -2.82. The molecule has 1 saturated heterocycles. The van der Waals surface area contributed by atoms with Crippen molar-refractivity contribution >= 4 is 23.2 Å². The number of carbonyl (C=O) groups excluding carboxylic acids is 2. The van der Waals surface area contributed by atoms with E-state index in [1.54, 1.807) is 4.90 Å². The maximum absolute atomic E-state index is 12.5. The molecule has 0 aromatic heterocycles. The molecular weight excluding hydrogens is 338 g/mol. The molecule has 0 unspecified atom stereocenters. The third kappa shape index (κ3) is 4.67. The minimum absolute atomic E-state index is 0.105. The molecule has 1 fully saturated rings. The number of aryl methyl sites for hydroxylation is 2. The monoisotopic (exact) mass is 365 g/mol. The predicted octanol–water partition coefficient (Wildman–Crippen LogP) is 3.23. The Morgan fingerprint density at radius 1 is 0.963 bits per heavy atom. The molecule has 1 N–H and O–H groups in total. The lowest BCUT2D eigenvalue weighted by molar-refractivity contribution is -0.134. The molecule has 0 aliphatic carbocycles. The fourth-order valence-corrected chi connectivity index (χ4v) is 3.49. The zero-order chi connectivity index (χ0) is 19.2. The van der Waals surface area contributed by atoms with Crippen LogP contribution in [0.5, 0.6) is 0 Å². The normalized spacial score (nSPS) is 14.1. The highest BCUT2D eigenvalue weighted by Crippen LogP contribution is 2.21. The van der Waals surface area contributed by atoms with Gasteiger partial charge in [0, 0.05) is 37.6 Å². The van der Waals surface area contributed by atoms with Gasteiger partial charge in [-0.1, -0.05) is 43.3 Å². The van der Waals surface area contributed by atoms with Gasteiger partial charge >= 0.3 is 0 Å². The first kappa shape index (κ1) is 19.0. The molecule has 1 heterocycles. The van der Waals surface area contributed by atoms with Gasteiger partial charge in [0.1, 0.15) is 6.42 Å². The Morgan fingerprint density at radius 2 is 1.67 bits per heavy atom.